The van der Waals surface area contributed by atoms with E-state index in [1.54, 1.807) is 13.8 Å². The molecule has 2 atom stereocenters. The number of unbranched alkanes of at least 4 members (excludes halogenated alkanes) is 8. The number of carbonyl (C=O) groups is 2. The Kier molecular flexibility index (Phi) is 13.2. The molecular formula is C22H40O6. The first-order valence-electron chi connectivity index (χ1n) is 11.1. The highest BCUT2D eigenvalue weighted by Gasteiger charge is 2.38. The third kappa shape index (κ3) is 11.6. The highest BCUT2D eigenvalue weighted by Crippen LogP contribution is 2.28. The smallest absolute Gasteiger partial charge is 0.305 e. The molecule has 1 aliphatic heterocycles. The first kappa shape index (κ1) is 24.9. The lowest BCUT2D eigenvalue weighted by Crippen LogP contribution is -2.29. The highest BCUT2D eigenvalue weighted by molar-refractivity contribution is 5.69. The van der Waals surface area contributed by atoms with Gasteiger partial charge in [0.1, 0.15) is 12.7 Å². The van der Waals surface area contributed by atoms with E-state index < -0.39 is 5.79 Å². The molecule has 0 N–H and O–H groups in total. The molecule has 0 spiro atoms. The molecule has 0 bridgehead atoms. The monoisotopic (exact) mass is 400 g/mol. The quantitative estimate of drug-likeness (QED) is 0.270. The summed E-state index contributed by atoms with van der Waals surface area (Å²) >= 11 is 0. The maximum absolute atomic E-state index is 11.9. The molecule has 6 heteroatoms. The van der Waals surface area contributed by atoms with Crippen molar-refractivity contribution in [1.82, 2.24) is 0 Å². The van der Waals surface area contributed by atoms with E-state index in [1.807, 2.05) is 0 Å². The summed E-state index contributed by atoms with van der Waals surface area (Å²) in [5.41, 5.74) is 0. The van der Waals surface area contributed by atoms with Gasteiger partial charge < -0.3 is 18.9 Å². The average molecular weight is 401 g/mol. The number of hydrogen-bond donors (Lipinski definition) is 0. The van der Waals surface area contributed by atoms with Crippen LogP contribution in [0.3, 0.4) is 0 Å². The van der Waals surface area contributed by atoms with Gasteiger partial charge in [0.15, 0.2) is 5.79 Å². The van der Waals surface area contributed by atoms with E-state index in [2.05, 4.69) is 6.92 Å². The van der Waals surface area contributed by atoms with E-state index in [4.69, 9.17) is 18.9 Å². The second kappa shape index (κ2) is 14.8. The number of ether oxygens (including phenoxy) is 4. The van der Waals surface area contributed by atoms with E-state index in [9.17, 15) is 9.59 Å². The topological polar surface area (TPSA) is 71.1 Å². The molecule has 2 unspecified atom stereocenters. The van der Waals surface area contributed by atoms with Gasteiger partial charge in [0.05, 0.1) is 19.6 Å². The highest BCUT2D eigenvalue weighted by atomic mass is 16.7. The fourth-order valence-corrected chi connectivity index (χ4v) is 3.30. The Morgan fingerprint density at radius 2 is 1.50 bits per heavy atom. The van der Waals surface area contributed by atoms with Crippen LogP contribution in [-0.4, -0.2) is 43.7 Å². The van der Waals surface area contributed by atoms with Gasteiger partial charge in [0.25, 0.3) is 0 Å². The third-order valence-electron chi connectivity index (χ3n) is 4.99. The van der Waals surface area contributed by atoms with Gasteiger partial charge in [-0.2, -0.15) is 0 Å². The number of rotatable bonds is 16. The van der Waals surface area contributed by atoms with E-state index >= 15 is 0 Å². The van der Waals surface area contributed by atoms with Crippen LogP contribution in [0.4, 0.5) is 0 Å². The van der Waals surface area contributed by atoms with Gasteiger partial charge in [-0.25, -0.2) is 0 Å². The van der Waals surface area contributed by atoms with Gasteiger partial charge in [-0.05, 0) is 20.3 Å². The second-order valence-corrected chi connectivity index (χ2v) is 7.75. The lowest BCUT2D eigenvalue weighted by atomic mass is 10.1. The van der Waals surface area contributed by atoms with Crippen LogP contribution >= 0.6 is 0 Å². The minimum absolute atomic E-state index is 0.174. The Bertz CT molecular complexity index is 439. The molecule has 0 aromatic heterocycles. The maximum Gasteiger partial charge on any atom is 0.305 e. The van der Waals surface area contributed by atoms with E-state index in [0.29, 0.717) is 26.1 Å². The SMILES string of the molecule is CCCCCCCCCCCC(=O)OCC1COC(C)(CCC(=O)OCC)O1. The molecule has 1 saturated heterocycles. The Balaban J connectivity index is 2.03. The minimum Gasteiger partial charge on any atom is -0.466 e. The lowest BCUT2D eigenvalue weighted by Gasteiger charge is -2.22. The first-order valence-corrected chi connectivity index (χ1v) is 11.1. The Hall–Kier alpha value is -1.14. The van der Waals surface area contributed by atoms with Crippen LogP contribution in [0, 0.1) is 0 Å². The van der Waals surface area contributed by atoms with Crippen molar-refractivity contribution in [2.24, 2.45) is 0 Å². The van der Waals surface area contributed by atoms with Crippen LogP contribution in [0.2, 0.25) is 0 Å². The van der Waals surface area contributed by atoms with Gasteiger partial charge in [-0.15, -0.1) is 0 Å². The molecule has 1 aliphatic rings. The molecule has 164 valence electrons. The van der Waals surface area contributed by atoms with Crippen LogP contribution in [0.1, 0.15) is 97.8 Å². The van der Waals surface area contributed by atoms with Crippen LogP contribution in [-0.2, 0) is 28.5 Å². The van der Waals surface area contributed by atoms with Crippen molar-refractivity contribution >= 4 is 11.9 Å². The van der Waals surface area contributed by atoms with Gasteiger partial charge in [-0.3, -0.25) is 9.59 Å². The van der Waals surface area contributed by atoms with Gasteiger partial charge >= 0.3 is 11.9 Å². The summed E-state index contributed by atoms with van der Waals surface area (Å²) in [6, 6.07) is 0. The molecule has 0 aliphatic carbocycles. The molecule has 1 fully saturated rings. The van der Waals surface area contributed by atoms with Crippen LogP contribution in [0.25, 0.3) is 0 Å². The summed E-state index contributed by atoms with van der Waals surface area (Å²) in [5, 5.41) is 0. The average Bonchev–Trinajstić information content (AvgIpc) is 3.05. The largest absolute Gasteiger partial charge is 0.466 e. The molecule has 6 nitrogen and oxygen atoms in total. The summed E-state index contributed by atoms with van der Waals surface area (Å²) in [6.45, 7) is 6.75. The van der Waals surface area contributed by atoms with E-state index in [1.165, 1.54) is 44.9 Å². The molecule has 0 amide bonds. The first-order chi connectivity index (χ1) is 13.5. The zero-order chi connectivity index (χ0) is 20.7. The molecule has 0 saturated carbocycles. The molecule has 0 radical (unpaired) electrons. The molecule has 0 aromatic rings. The van der Waals surface area contributed by atoms with Gasteiger partial charge in [0.2, 0.25) is 0 Å². The molecule has 1 rings (SSSR count). The minimum atomic E-state index is -0.818. The second-order valence-electron chi connectivity index (χ2n) is 7.75. The fourth-order valence-electron chi connectivity index (χ4n) is 3.30. The van der Waals surface area contributed by atoms with Gasteiger partial charge in [-0.1, -0.05) is 58.3 Å². The summed E-state index contributed by atoms with van der Waals surface area (Å²) in [5.74, 6) is -1.25. The molecule has 28 heavy (non-hydrogen) atoms. The third-order valence-corrected chi connectivity index (χ3v) is 4.99. The molecule has 0 aromatic carbocycles. The zero-order valence-corrected chi connectivity index (χ0v) is 18.1. The summed E-state index contributed by atoms with van der Waals surface area (Å²) in [7, 11) is 0. The summed E-state index contributed by atoms with van der Waals surface area (Å²) < 4.78 is 21.7. The number of hydrogen-bond acceptors (Lipinski definition) is 6. The fraction of sp³-hybridized carbons (Fsp3) is 0.909. The molecule has 1 heterocycles. The van der Waals surface area contributed by atoms with Crippen molar-refractivity contribution in [2.75, 3.05) is 19.8 Å². The Labute approximate surface area is 170 Å². The normalized spacial score (nSPS) is 21.6. The Morgan fingerprint density at radius 3 is 2.14 bits per heavy atom. The van der Waals surface area contributed by atoms with Crippen LogP contribution in [0.15, 0.2) is 0 Å². The zero-order valence-electron chi connectivity index (χ0n) is 18.1. The van der Waals surface area contributed by atoms with E-state index in [0.717, 1.165) is 12.8 Å². The van der Waals surface area contributed by atoms with Gasteiger partial charge in [0, 0.05) is 12.8 Å². The number of esters is 2. The predicted molar refractivity (Wildman–Crippen MR) is 108 cm³/mol. The molecular weight excluding hydrogens is 360 g/mol. The number of carbonyl (C=O) groups excluding carboxylic acids is 2. The summed E-state index contributed by atoms with van der Waals surface area (Å²) in [4.78, 5) is 23.3. The van der Waals surface area contributed by atoms with Crippen molar-refractivity contribution in [3.63, 3.8) is 0 Å². The van der Waals surface area contributed by atoms with Crippen LogP contribution in [0.5, 0.6) is 0 Å². The van der Waals surface area contributed by atoms with Crippen molar-refractivity contribution in [2.45, 2.75) is 110 Å². The van der Waals surface area contributed by atoms with Crippen molar-refractivity contribution < 1.29 is 28.5 Å². The van der Waals surface area contributed by atoms with Crippen molar-refractivity contribution in [3.05, 3.63) is 0 Å². The van der Waals surface area contributed by atoms with Crippen molar-refractivity contribution in [3.8, 4) is 0 Å². The standard InChI is InChI=1S/C22H40O6/c1-4-6-7-8-9-10-11-12-13-14-20(23)26-17-19-18-27-22(3,28-19)16-15-21(24)25-5-2/h19H,4-18H2,1-3H3. The predicted octanol–water partition coefficient (Wildman–Crippen LogP) is 4.93. The summed E-state index contributed by atoms with van der Waals surface area (Å²) in [6.07, 6.45) is 11.9. The lowest BCUT2D eigenvalue weighted by molar-refractivity contribution is -0.174. The van der Waals surface area contributed by atoms with Crippen LogP contribution < -0.4 is 0 Å². The Morgan fingerprint density at radius 1 is 0.893 bits per heavy atom. The van der Waals surface area contributed by atoms with E-state index in [-0.39, 0.29) is 31.1 Å². The van der Waals surface area contributed by atoms with Crippen molar-refractivity contribution in [1.29, 1.82) is 0 Å². The maximum atomic E-state index is 11.9.